The smallest absolute Gasteiger partial charge is 0.444 e. The predicted octanol–water partition coefficient (Wildman–Crippen LogP) is 3.08. The molecule has 0 radical (unpaired) electrons. The number of carbonyl (C=O) groups excluding carboxylic acids is 2. The first-order valence-electron chi connectivity index (χ1n) is 10.5. The van der Waals surface area contributed by atoms with E-state index in [1.807, 2.05) is 27.7 Å². The molecule has 0 aliphatic carbocycles. The molecular weight excluding hydrogens is 402 g/mol. The van der Waals surface area contributed by atoms with Crippen LogP contribution in [0.15, 0.2) is 12.1 Å². The summed E-state index contributed by atoms with van der Waals surface area (Å²) in [7, 11) is -0.699. The zero-order valence-electron chi connectivity index (χ0n) is 19.8. The molecule has 0 saturated carbocycles. The lowest BCUT2D eigenvalue weighted by molar-refractivity contribution is 0.00578. The van der Waals surface area contributed by atoms with Gasteiger partial charge in [-0.1, -0.05) is 5.56 Å². The molecule has 1 heterocycles. The molecule has 1 aromatic carbocycles. The van der Waals surface area contributed by atoms with E-state index >= 15 is 0 Å². The van der Waals surface area contributed by atoms with Crippen molar-refractivity contribution in [2.45, 2.75) is 78.6 Å². The van der Waals surface area contributed by atoms with Crippen LogP contribution >= 0.6 is 0 Å². The molecule has 0 aromatic heterocycles. The van der Waals surface area contributed by atoms with Gasteiger partial charge in [-0.25, -0.2) is 9.18 Å². The van der Waals surface area contributed by atoms with Crippen LogP contribution in [0.1, 0.15) is 70.8 Å². The Morgan fingerprint density at radius 2 is 1.61 bits per heavy atom. The Balaban J connectivity index is 1.92. The monoisotopic (exact) mass is 436 g/mol. The number of ether oxygens (including phenoxy) is 1. The highest BCUT2D eigenvalue weighted by Gasteiger charge is 2.52. The third kappa shape index (κ3) is 6.43. The summed E-state index contributed by atoms with van der Waals surface area (Å²) in [6.07, 6.45) is -0.0313. The van der Waals surface area contributed by atoms with Crippen molar-refractivity contribution in [2.75, 3.05) is 13.1 Å². The van der Waals surface area contributed by atoms with E-state index in [1.54, 1.807) is 27.7 Å². The summed E-state index contributed by atoms with van der Waals surface area (Å²) < 4.78 is 31.8. The zero-order valence-corrected chi connectivity index (χ0v) is 19.8. The fourth-order valence-corrected chi connectivity index (χ4v) is 2.99. The molecule has 1 aromatic rings. The Hall–Kier alpha value is -2.13. The van der Waals surface area contributed by atoms with Gasteiger partial charge in [0.05, 0.1) is 16.8 Å². The average molecular weight is 436 g/mol. The maximum absolute atomic E-state index is 14.7. The maximum atomic E-state index is 14.7. The minimum atomic E-state index is -0.699. The lowest BCUT2D eigenvalue weighted by Crippen LogP contribution is -2.41. The number of carbonyl (C=O) groups is 2. The normalized spacial score (nSPS) is 17.4. The van der Waals surface area contributed by atoms with Crippen LogP contribution in [0, 0.1) is 12.7 Å². The molecule has 2 rings (SSSR count). The molecule has 0 bridgehead atoms. The van der Waals surface area contributed by atoms with E-state index in [0.717, 1.165) is 0 Å². The van der Waals surface area contributed by atoms with Gasteiger partial charge in [-0.05, 0) is 79.4 Å². The standard InChI is InChI=1S/C22H34BFN2O5/c1-14-12-15(18(27)25-10-9-11-26-19(28)29-20(2,3)4)17(24)13-16(14)23-30-21(5,6)22(7,8)31-23/h12-13H,9-11H2,1-8H3,(H,25,27)(H,26,28). The highest BCUT2D eigenvalue weighted by molar-refractivity contribution is 6.62. The van der Waals surface area contributed by atoms with Gasteiger partial charge in [0.15, 0.2) is 0 Å². The van der Waals surface area contributed by atoms with E-state index in [0.29, 0.717) is 24.0 Å². The predicted molar refractivity (Wildman–Crippen MR) is 118 cm³/mol. The molecule has 0 spiro atoms. The van der Waals surface area contributed by atoms with Crippen LogP contribution in [-0.2, 0) is 14.0 Å². The second-order valence-corrected chi connectivity index (χ2v) is 9.82. The van der Waals surface area contributed by atoms with Gasteiger partial charge in [-0.3, -0.25) is 4.79 Å². The van der Waals surface area contributed by atoms with Crippen LogP contribution in [-0.4, -0.2) is 49.0 Å². The Bertz CT molecular complexity index is 820. The van der Waals surface area contributed by atoms with Gasteiger partial charge in [-0.2, -0.15) is 0 Å². The van der Waals surface area contributed by atoms with Crippen LogP contribution in [0.25, 0.3) is 0 Å². The van der Waals surface area contributed by atoms with Crippen LogP contribution in [0.2, 0.25) is 0 Å². The summed E-state index contributed by atoms with van der Waals surface area (Å²) in [5, 5.41) is 5.28. The largest absolute Gasteiger partial charge is 0.495 e. The number of rotatable bonds is 6. The number of hydrogen-bond acceptors (Lipinski definition) is 5. The molecule has 31 heavy (non-hydrogen) atoms. The lowest BCUT2D eigenvalue weighted by atomic mass is 9.75. The van der Waals surface area contributed by atoms with Crippen molar-refractivity contribution in [1.82, 2.24) is 10.6 Å². The van der Waals surface area contributed by atoms with Gasteiger partial charge >= 0.3 is 13.2 Å². The SMILES string of the molecule is Cc1cc(C(=O)NCCCNC(=O)OC(C)(C)C)c(F)cc1B1OC(C)(C)C(C)(C)O1. The van der Waals surface area contributed by atoms with Gasteiger partial charge in [-0.15, -0.1) is 0 Å². The molecule has 7 nitrogen and oxygen atoms in total. The van der Waals surface area contributed by atoms with Crippen LogP contribution in [0.5, 0.6) is 0 Å². The minimum Gasteiger partial charge on any atom is -0.444 e. The number of alkyl carbamates (subject to hydrolysis) is 1. The Labute approximate surface area is 184 Å². The van der Waals surface area contributed by atoms with E-state index in [2.05, 4.69) is 10.6 Å². The first-order valence-corrected chi connectivity index (χ1v) is 10.5. The zero-order chi connectivity index (χ0) is 23.6. The number of aryl methyl sites for hydroxylation is 1. The molecule has 172 valence electrons. The first-order chi connectivity index (χ1) is 14.1. The number of benzene rings is 1. The van der Waals surface area contributed by atoms with E-state index in [-0.39, 0.29) is 12.1 Å². The maximum Gasteiger partial charge on any atom is 0.495 e. The molecule has 2 N–H and O–H groups in total. The van der Waals surface area contributed by atoms with Gasteiger partial charge in [0, 0.05) is 13.1 Å². The number of nitrogens with one attached hydrogen (secondary N) is 2. The van der Waals surface area contributed by atoms with Crippen molar-refractivity contribution in [2.24, 2.45) is 0 Å². The van der Waals surface area contributed by atoms with E-state index in [4.69, 9.17) is 14.0 Å². The van der Waals surface area contributed by atoms with E-state index in [9.17, 15) is 14.0 Å². The van der Waals surface area contributed by atoms with Crippen molar-refractivity contribution in [3.05, 3.63) is 29.1 Å². The number of hydrogen-bond donors (Lipinski definition) is 2. The number of halogens is 1. The molecule has 1 aliphatic rings. The van der Waals surface area contributed by atoms with Gasteiger partial charge in [0.1, 0.15) is 11.4 Å². The van der Waals surface area contributed by atoms with Crippen molar-refractivity contribution in [3.63, 3.8) is 0 Å². The van der Waals surface area contributed by atoms with Gasteiger partial charge in [0.2, 0.25) is 0 Å². The fraction of sp³-hybridized carbons (Fsp3) is 0.636. The fourth-order valence-electron chi connectivity index (χ4n) is 2.99. The molecule has 2 amide bonds. The quantitative estimate of drug-likeness (QED) is 0.529. The molecule has 1 fully saturated rings. The second-order valence-electron chi connectivity index (χ2n) is 9.82. The lowest BCUT2D eigenvalue weighted by Gasteiger charge is -2.32. The second kappa shape index (κ2) is 9.16. The molecule has 1 saturated heterocycles. The van der Waals surface area contributed by atoms with Gasteiger partial charge in [0.25, 0.3) is 5.91 Å². The summed E-state index contributed by atoms with van der Waals surface area (Å²) >= 11 is 0. The molecular formula is C22H34BFN2O5. The van der Waals surface area contributed by atoms with E-state index < -0.39 is 41.7 Å². The Morgan fingerprint density at radius 1 is 1.06 bits per heavy atom. The molecule has 0 atom stereocenters. The summed E-state index contributed by atoms with van der Waals surface area (Å²) in [6.45, 7) is 15.5. The van der Waals surface area contributed by atoms with Gasteiger partial charge < -0.3 is 24.7 Å². The van der Waals surface area contributed by atoms with Crippen molar-refractivity contribution >= 4 is 24.6 Å². The van der Waals surface area contributed by atoms with Crippen molar-refractivity contribution in [1.29, 1.82) is 0 Å². The number of amides is 2. The third-order valence-corrected chi connectivity index (χ3v) is 5.41. The molecule has 9 heteroatoms. The van der Waals surface area contributed by atoms with Crippen molar-refractivity contribution < 1.29 is 28.0 Å². The van der Waals surface area contributed by atoms with Crippen LogP contribution in [0.4, 0.5) is 9.18 Å². The summed E-state index contributed by atoms with van der Waals surface area (Å²) in [5.41, 5.74) is -0.419. The van der Waals surface area contributed by atoms with Crippen LogP contribution < -0.4 is 16.1 Å². The molecule has 0 unspecified atom stereocenters. The Kier molecular flexibility index (Phi) is 7.43. The Morgan fingerprint density at radius 3 is 2.16 bits per heavy atom. The third-order valence-electron chi connectivity index (χ3n) is 5.41. The van der Waals surface area contributed by atoms with Crippen molar-refractivity contribution in [3.8, 4) is 0 Å². The van der Waals surface area contributed by atoms with Crippen LogP contribution in [0.3, 0.4) is 0 Å². The highest BCUT2D eigenvalue weighted by Crippen LogP contribution is 2.36. The molecule has 1 aliphatic heterocycles. The topological polar surface area (TPSA) is 85.9 Å². The van der Waals surface area contributed by atoms with E-state index in [1.165, 1.54) is 12.1 Å². The first kappa shape index (κ1) is 25.1. The highest BCUT2D eigenvalue weighted by atomic mass is 19.1. The minimum absolute atomic E-state index is 0.0436. The average Bonchev–Trinajstić information content (AvgIpc) is 2.82. The summed E-state index contributed by atoms with van der Waals surface area (Å²) in [5.74, 6) is -1.15. The summed E-state index contributed by atoms with van der Waals surface area (Å²) in [4.78, 5) is 24.0. The summed E-state index contributed by atoms with van der Waals surface area (Å²) in [6, 6.07) is 2.81.